The molecule has 2 aromatic rings. The molecule has 0 heterocycles. The maximum Gasteiger partial charge on any atom is 0.244 e. The van der Waals surface area contributed by atoms with Crippen molar-refractivity contribution < 1.29 is 18.0 Å². The minimum Gasteiger partial charge on any atom is -0.352 e. The van der Waals surface area contributed by atoms with Gasteiger partial charge in [-0.05, 0) is 44.4 Å². The van der Waals surface area contributed by atoms with Gasteiger partial charge in [0.25, 0.3) is 0 Å². The van der Waals surface area contributed by atoms with Crippen molar-refractivity contribution in [3.8, 4) is 0 Å². The van der Waals surface area contributed by atoms with Crippen molar-refractivity contribution in [3.05, 3.63) is 65.2 Å². The molecule has 1 N–H and O–H groups in total. The molecular formula is C24H32ClN3O4S. The molecule has 2 aromatic carbocycles. The Labute approximate surface area is 201 Å². The fraction of sp³-hybridized carbons (Fsp3) is 0.417. The molecule has 0 fully saturated rings. The van der Waals surface area contributed by atoms with Gasteiger partial charge in [0.1, 0.15) is 12.6 Å². The zero-order chi connectivity index (χ0) is 24.6. The first-order valence-electron chi connectivity index (χ1n) is 10.9. The van der Waals surface area contributed by atoms with E-state index in [0.717, 1.165) is 22.5 Å². The van der Waals surface area contributed by atoms with Gasteiger partial charge in [0.15, 0.2) is 0 Å². The van der Waals surface area contributed by atoms with Crippen LogP contribution in [-0.4, -0.2) is 56.6 Å². The first-order valence-corrected chi connectivity index (χ1v) is 13.1. The van der Waals surface area contributed by atoms with Gasteiger partial charge in [-0.3, -0.25) is 13.9 Å². The summed E-state index contributed by atoms with van der Waals surface area (Å²) in [6.45, 7) is 5.31. The van der Waals surface area contributed by atoms with Gasteiger partial charge < -0.3 is 10.2 Å². The van der Waals surface area contributed by atoms with E-state index in [1.807, 2.05) is 44.2 Å². The highest BCUT2D eigenvalue weighted by Crippen LogP contribution is 2.27. The maximum absolute atomic E-state index is 13.4. The SMILES string of the molecule is CC[C@@H](C)NC(=O)[C@@H](C)N(CCc1ccccc1)C(=O)CN(c1ccccc1Cl)S(C)(=O)=O. The molecule has 180 valence electrons. The molecule has 0 radical (unpaired) electrons. The molecular weight excluding hydrogens is 462 g/mol. The van der Waals surface area contributed by atoms with Crippen molar-refractivity contribution in [1.82, 2.24) is 10.2 Å². The number of sulfonamides is 1. The van der Waals surface area contributed by atoms with Crippen LogP contribution in [0.1, 0.15) is 32.8 Å². The molecule has 0 aromatic heterocycles. The Bertz CT molecular complexity index is 1050. The molecule has 33 heavy (non-hydrogen) atoms. The molecule has 0 saturated heterocycles. The second kappa shape index (κ2) is 12.0. The minimum absolute atomic E-state index is 0.0401. The third kappa shape index (κ3) is 7.75. The fourth-order valence-corrected chi connectivity index (χ4v) is 4.43. The summed E-state index contributed by atoms with van der Waals surface area (Å²) in [5.41, 5.74) is 1.23. The smallest absolute Gasteiger partial charge is 0.244 e. The monoisotopic (exact) mass is 493 g/mol. The largest absolute Gasteiger partial charge is 0.352 e. The number of halogens is 1. The highest BCUT2D eigenvalue weighted by Gasteiger charge is 2.30. The number of carbonyl (C=O) groups excluding carboxylic acids is 2. The molecule has 0 unspecified atom stereocenters. The highest BCUT2D eigenvalue weighted by molar-refractivity contribution is 7.92. The van der Waals surface area contributed by atoms with Gasteiger partial charge >= 0.3 is 0 Å². The Morgan fingerprint density at radius 1 is 1.03 bits per heavy atom. The number of benzene rings is 2. The van der Waals surface area contributed by atoms with E-state index in [9.17, 15) is 18.0 Å². The van der Waals surface area contributed by atoms with Crippen LogP contribution in [-0.2, 0) is 26.0 Å². The van der Waals surface area contributed by atoms with Gasteiger partial charge in [0.05, 0.1) is 17.0 Å². The molecule has 0 spiro atoms. The molecule has 0 aliphatic rings. The summed E-state index contributed by atoms with van der Waals surface area (Å²) in [6.07, 6.45) is 2.31. The van der Waals surface area contributed by atoms with E-state index in [0.29, 0.717) is 6.42 Å². The van der Waals surface area contributed by atoms with Crippen molar-refractivity contribution >= 4 is 39.1 Å². The maximum atomic E-state index is 13.4. The van der Waals surface area contributed by atoms with E-state index < -0.39 is 28.5 Å². The lowest BCUT2D eigenvalue weighted by Crippen LogP contribution is -2.53. The van der Waals surface area contributed by atoms with Crippen LogP contribution in [0, 0.1) is 0 Å². The quantitative estimate of drug-likeness (QED) is 0.519. The van der Waals surface area contributed by atoms with Gasteiger partial charge in [0, 0.05) is 12.6 Å². The number of anilines is 1. The zero-order valence-corrected chi connectivity index (χ0v) is 21.1. The third-order valence-electron chi connectivity index (χ3n) is 5.45. The molecule has 9 heteroatoms. The van der Waals surface area contributed by atoms with Crippen molar-refractivity contribution in [3.63, 3.8) is 0 Å². The Kier molecular flexibility index (Phi) is 9.73. The normalized spacial score (nSPS) is 13.1. The van der Waals surface area contributed by atoms with Crippen LogP contribution in [0.25, 0.3) is 0 Å². The summed E-state index contributed by atoms with van der Waals surface area (Å²) < 4.78 is 26.0. The Morgan fingerprint density at radius 2 is 1.64 bits per heavy atom. The predicted octanol–water partition coefficient (Wildman–Crippen LogP) is 3.48. The highest BCUT2D eigenvalue weighted by atomic mass is 35.5. The number of para-hydroxylation sites is 1. The predicted molar refractivity (Wildman–Crippen MR) is 133 cm³/mol. The molecule has 2 amide bonds. The fourth-order valence-electron chi connectivity index (χ4n) is 3.28. The van der Waals surface area contributed by atoms with E-state index in [-0.39, 0.29) is 29.2 Å². The summed E-state index contributed by atoms with van der Waals surface area (Å²) in [5.74, 6) is -0.766. The van der Waals surface area contributed by atoms with Gasteiger partial charge in [-0.25, -0.2) is 8.42 Å². The Balaban J connectivity index is 2.31. The number of amides is 2. The van der Waals surface area contributed by atoms with Crippen LogP contribution in [0.4, 0.5) is 5.69 Å². The summed E-state index contributed by atoms with van der Waals surface area (Å²) in [4.78, 5) is 27.7. The summed E-state index contributed by atoms with van der Waals surface area (Å²) in [7, 11) is -3.80. The summed E-state index contributed by atoms with van der Waals surface area (Å²) in [5, 5.41) is 3.12. The lowest BCUT2D eigenvalue weighted by molar-refractivity contribution is -0.139. The van der Waals surface area contributed by atoms with E-state index in [2.05, 4.69) is 5.32 Å². The van der Waals surface area contributed by atoms with Crippen LogP contribution in [0.2, 0.25) is 5.02 Å². The van der Waals surface area contributed by atoms with Gasteiger partial charge in [0.2, 0.25) is 21.8 Å². The van der Waals surface area contributed by atoms with Crippen LogP contribution in [0.3, 0.4) is 0 Å². The lowest BCUT2D eigenvalue weighted by Gasteiger charge is -2.32. The number of hydrogen-bond donors (Lipinski definition) is 1. The molecule has 0 aliphatic heterocycles. The molecule has 7 nitrogen and oxygen atoms in total. The van der Waals surface area contributed by atoms with Gasteiger partial charge in [-0.2, -0.15) is 0 Å². The number of nitrogens with one attached hydrogen (secondary N) is 1. The van der Waals surface area contributed by atoms with Crippen LogP contribution in [0.15, 0.2) is 54.6 Å². The number of nitrogens with zero attached hydrogens (tertiary/aromatic N) is 2. The summed E-state index contributed by atoms with van der Waals surface area (Å²) >= 11 is 6.22. The van der Waals surface area contributed by atoms with Crippen molar-refractivity contribution in [2.75, 3.05) is 23.7 Å². The first kappa shape index (κ1) is 26.7. The van der Waals surface area contributed by atoms with Gasteiger partial charge in [-0.1, -0.05) is 61.0 Å². The van der Waals surface area contributed by atoms with E-state index >= 15 is 0 Å². The van der Waals surface area contributed by atoms with Crippen LogP contribution in [0.5, 0.6) is 0 Å². The third-order valence-corrected chi connectivity index (χ3v) is 6.90. The van der Waals surface area contributed by atoms with Gasteiger partial charge in [-0.15, -0.1) is 0 Å². The molecule has 0 saturated carbocycles. The zero-order valence-electron chi connectivity index (χ0n) is 19.5. The average Bonchev–Trinajstić information content (AvgIpc) is 2.77. The number of rotatable bonds is 11. The van der Waals surface area contributed by atoms with E-state index in [1.165, 1.54) is 4.90 Å². The van der Waals surface area contributed by atoms with Crippen molar-refractivity contribution in [2.45, 2.75) is 45.7 Å². The van der Waals surface area contributed by atoms with Crippen LogP contribution >= 0.6 is 11.6 Å². The van der Waals surface area contributed by atoms with E-state index in [1.54, 1.807) is 31.2 Å². The van der Waals surface area contributed by atoms with Crippen molar-refractivity contribution in [1.29, 1.82) is 0 Å². The first-order chi connectivity index (χ1) is 15.5. The topological polar surface area (TPSA) is 86.8 Å². The average molecular weight is 494 g/mol. The Morgan fingerprint density at radius 3 is 2.21 bits per heavy atom. The van der Waals surface area contributed by atoms with Crippen LogP contribution < -0.4 is 9.62 Å². The molecule has 2 atom stereocenters. The number of carbonyl (C=O) groups is 2. The Hall–Kier alpha value is -2.58. The van der Waals surface area contributed by atoms with E-state index in [4.69, 9.17) is 11.6 Å². The lowest BCUT2D eigenvalue weighted by atomic mass is 10.1. The second-order valence-corrected chi connectivity index (χ2v) is 10.4. The van der Waals surface area contributed by atoms with Crippen molar-refractivity contribution in [2.24, 2.45) is 0 Å². The standard InChI is InChI=1S/C24H32ClN3O4S/c1-5-18(2)26-24(30)19(3)27(16-15-20-11-7-6-8-12-20)23(29)17-28(33(4,31)32)22-14-10-9-13-21(22)25/h6-14,18-19H,5,15-17H2,1-4H3,(H,26,30)/t18-,19-/m1/s1. The molecule has 0 bridgehead atoms. The second-order valence-electron chi connectivity index (χ2n) is 8.04. The number of hydrogen-bond acceptors (Lipinski definition) is 4. The molecule has 2 rings (SSSR count). The minimum atomic E-state index is -3.80. The molecule has 0 aliphatic carbocycles. The summed E-state index contributed by atoms with van der Waals surface area (Å²) in [6, 6.07) is 15.2.